The first-order valence-corrected chi connectivity index (χ1v) is 8.39. The van der Waals surface area contributed by atoms with Crippen molar-refractivity contribution in [1.29, 1.82) is 0 Å². The molecule has 96 valence electrons. The van der Waals surface area contributed by atoms with Crippen LogP contribution in [0.2, 0.25) is 0 Å². The first-order valence-electron chi connectivity index (χ1n) is 6.33. The molecular formula is C12H25NO2S. The first kappa shape index (κ1) is 14.0. The zero-order chi connectivity index (χ0) is 12.2. The van der Waals surface area contributed by atoms with Crippen LogP contribution in [0.15, 0.2) is 0 Å². The minimum absolute atomic E-state index is 0.139. The fraction of sp³-hybridized carbons (Fsp3) is 1.00. The van der Waals surface area contributed by atoms with E-state index in [4.69, 9.17) is 0 Å². The second-order valence-corrected chi connectivity index (χ2v) is 7.29. The van der Waals surface area contributed by atoms with Gasteiger partial charge >= 0.3 is 0 Å². The molecule has 1 aliphatic carbocycles. The third-order valence-electron chi connectivity index (χ3n) is 3.86. The van der Waals surface area contributed by atoms with E-state index in [9.17, 15) is 8.42 Å². The van der Waals surface area contributed by atoms with Crippen LogP contribution in [0.4, 0.5) is 0 Å². The first-order chi connectivity index (χ1) is 7.48. The summed E-state index contributed by atoms with van der Waals surface area (Å²) in [6.45, 7) is 2.22. The van der Waals surface area contributed by atoms with Crippen molar-refractivity contribution in [2.75, 3.05) is 19.1 Å². The molecule has 0 aromatic rings. The third-order valence-corrected chi connectivity index (χ3v) is 4.83. The van der Waals surface area contributed by atoms with Crippen molar-refractivity contribution in [3.05, 3.63) is 0 Å². The fourth-order valence-electron chi connectivity index (χ4n) is 3.02. The van der Waals surface area contributed by atoms with Crippen molar-refractivity contribution in [3.63, 3.8) is 0 Å². The second kappa shape index (κ2) is 6.01. The minimum atomic E-state index is -2.88. The second-order valence-electron chi connectivity index (χ2n) is 5.10. The lowest BCUT2D eigenvalue weighted by Crippen LogP contribution is -2.43. The molecule has 0 radical (unpaired) electrons. The van der Waals surface area contributed by atoms with E-state index in [1.807, 2.05) is 7.05 Å². The molecule has 3 unspecified atom stereocenters. The summed E-state index contributed by atoms with van der Waals surface area (Å²) >= 11 is 0. The van der Waals surface area contributed by atoms with Crippen LogP contribution < -0.4 is 5.32 Å². The molecule has 0 aromatic carbocycles. The molecule has 16 heavy (non-hydrogen) atoms. The summed E-state index contributed by atoms with van der Waals surface area (Å²) in [6, 6.07) is 0.139. The van der Waals surface area contributed by atoms with Crippen molar-refractivity contribution in [1.82, 2.24) is 5.32 Å². The van der Waals surface area contributed by atoms with E-state index in [1.165, 1.54) is 38.4 Å². The molecule has 0 heterocycles. The summed E-state index contributed by atoms with van der Waals surface area (Å²) < 4.78 is 22.8. The van der Waals surface area contributed by atoms with Crippen molar-refractivity contribution >= 4 is 9.84 Å². The van der Waals surface area contributed by atoms with Crippen LogP contribution in [0.5, 0.6) is 0 Å². The van der Waals surface area contributed by atoms with Gasteiger partial charge in [-0.05, 0) is 25.3 Å². The zero-order valence-corrected chi connectivity index (χ0v) is 11.5. The predicted octanol–water partition coefficient (Wildman–Crippen LogP) is 1.84. The predicted molar refractivity (Wildman–Crippen MR) is 68.3 cm³/mol. The van der Waals surface area contributed by atoms with Crippen LogP contribution in [-0.2, 0) is 9.84 Å². The molecule has 1 N–H and O–H groups in total. The highest BCUT2D eigenvalue weighted by Gasteiger charge is 2.31. The maximum Gasteiger partial charge on any atom is 0.148 e. The summed E-state index contributed by atoms with van der Waals surface area (Å²) in [5.74, 6) is 1.52. The van der Waals surface area contributed by atoms with E-state index < -0.39 is 9.84 Å². The average Bonchev–Trinajstić information content (AvgIpc) is 2.24. The fourth-order valence-corrected chi connectivity index (χ4v) is 4.09. The van der Waals surface area contributed by atoms with Gasteiger partial charge in [-0.25, -0.2) is 8.42 Å². The maximum atomic E-state index is 11.4. The van der Waals surface area contributed by atoms with Crippen LogP contribution in [0.3, 0.4) is 0 Å². The standard InChI is InChI=1S/C12H25NO2S/c1-4-10-7-5-6-8-11(10)12(13-2)9-16(3,14)15/h10-13H,4-9H2,1-3H3. The Balaban J connectivity index is 2.69. The summed E-state index contributed by atoms with van der Waals surface area (Å²) in [7, 11) is -0.993. The monoisotopic (exact) mass is 247 g/mol. The molecule has 3 nitrogen and oxygen atoms in total. The van der Waals surface area contributed by atoms with Gasteiger partial charge in [0.15, 0.2) is 0 Å². The van der Waals surface area contributed by atoms with Gasteiger partial charge in [0, 0.05) is 12.3 Å². The van der Waals surface area contributed by atoms with E-state index in [0.29, 0.717) is 11.8 Å². The third kappa shape index (κ3) is 4.06. The highest BCUT2D eigenvalue weighted by Crippen LogP contribution is 2.34. The lowest BCUT2D eigenvalue weighted by Gasteiger charge is -2.36. The normalized spacial score (nSPS) is 28.9. The van der Waals surface area contributed by atoms with Crippen molar-refractivity contribution in [2.45, 2.75) is 45.1 Å². The summed E-state index contributed by atoms with van der Waals surface area (Å²) in [5.41, 5.74) is 0. The Morgan fingerprint density at radius 1 is 1.31 bits per heavy atom. The van der Waals surface area contributed by atoms with Gasteiger partial charge in [0.2, 0.25) is 0 Å². The van der Waals surface area contributed by atoms with Crippen LogP contribution in [0.1, 0.15) is 39.0 Å². The summed E-state index contributed by atoms with van der Waals surface area (Å²) in [5, 5.41) is 3.21. The van der Waals surface area contributed by atoms with Gasteiger partial charge in [0.1, 0.15) is 9.84 Å². The molecule has 0 amide bonds. The molecule has 0 aromatic heterocycles. The van der Waals surface area contributed by atoms with E-state index in [0.717, 1.165) is 0 Å². The Morgan fingerprint density at radius 2 is 1.94 bits per heavy atom. The molecule has 0 spiro atoms. The molecule has 0 saturated heterocycles. The van der Waals surface area contributed by atoms with Gasteiger partial charge in [-0.3, -0.25) is 0 Å². The van der Waals surface area contributed by atoms with Gasteiger partial charge < -0.3 is 5.32 Å². The quantitative estimate of drug-likeness (QED) is 0.806. The number of hydrogen-bond acceptors (Lipinski definition) is 3. The Kier molecular flexibility index (Phi) is 5.25. The number of sulfone groups is 1. The summed E-state index contributed by atoms with van der Waals surface area (Å²) in [4.78, 5) is 0. The highest BCUT2D eigenvalue weighted by molar-refractivity contribution is 7.90. The molecule has 1 saturated carbocycles. The average molecular weight is 247 g/mol. The summed E-state index contributed by atoms with van der Waals surface area (Å²) in [6.07, 6.45) is 7.52. The molecule has 4 heteroatoms. The zero-order valence-electron chi connectivity index (χ0n) is 10.7. The maximum absolute atomic E-state index is 11.4. The minimum Gasteiger partial charge on any atom is -0.316 e. The van der Waals surface area contributed by atoms with Gasteiger partial charge in [-0.2, -0.15) is 0 Å². The van der Waals surface area contributed by atoms with Crippen molar-refractivity contribution in [2.24, 2.45) is 11.8 Å². The van der Waals surface area contributed by atoms with E-state index >= 15 is 0 Å². The number of rotatable bonds is 5. The van der Waals surface area contributed by atoms with Gasteiger partial charge in [0.05, 0.1) is 5.75 Å². The smallest absolute Gasteiger partial charge is 0.148 e. The molecule has 1 rings (SSSR count). The largest absolute Gasteiger partial charge is 0.316 e. The van der Waals surface area contributed by atoms with Crippen LogP contribution in [-0.4, -0.2) is 33.5 Å². The molecular weight excluding hydrogens is 222 g/mol. The Hall–Kier alpha value is -0.0900. The van der Waals surface area contributed by atoms with Gasteiger partial charge in [0.25, 0.3) is 0 Å². The molecule has 1 fully saturated rings. The van der Waals surface area contributed by atoms with Crippen LogP contribution >= 0.6 is 0 Å². The van der Waals surface area contributed by atoms with Crippen molar-refractivity contribution < 1.29 is 8.42 Å². The Morgan fingerprint density at radius 3 is 2.44 bits per heavy atom. The SMILES string of the molecule is CCC1CCCCC1C(CS(C)(=O)=O)NC. The van der Waals surface area contributed by atoms with Crippen LogP contribution in [0.25, 0.3) is 0 Å². The Labute approximate surface area is 99.9 Å². The van der Waals surface area contributed by atoms with Gasteiger partial charge in [-0.1, -0.05) is 32.6 Å². The highest BCUT2D eigenvalue weighted by atomic mass is 32.2. The van der Waals surface area contributed by atoms with Crippen molar-refractivity contribution in [3.8, 4) is 0 Å². The number of nitrogens with one attached hydrogen (secondary N) is 1. The molecule has 0 aliphatic heterocycles. The van der Waals surface area contributed by atoms with Crippen LogP contribution in [0, 0.1) is 11.8 Å². The lowest BCUT2D eigenvalue weighted by atomic mass is 9.74. The lowest BCUT2D eigenvalue weighted by molar-refractivity contribution is 0.189. The topological polar surface area (TPSA) is 46.2 Å². The molecule has 0 bridgehead atoms. The van der Waals surface area contributed by atoms with Gasteiger partial charge in [-0.15, -0.1) is 0 Å². The molecule has 3 atom stereocenters. The Bertz CT molecular complexity index is 300. The molecule has 1 aliphatic rings. The number of hydrogen-bond donors (Lipinski definition) is 1. The van der Waals surface area contributed by atoms with E-state index in [2.05, 4.69) is 12.2 Å². The van der Waals surface area contributed by atoms with E-state index in [1.54, 1.807) is 0 Å². The van der Waals surface area contributed by atoms with E-state index in [-0.39, 0.29) is 11.8 Å².